The number of nitrogens with one attached hydrogen (secondary N) is 1. The Morgan fingerprint density at radius 2 is 2.06 bits per heavy atom. The molecule has 4 nitrogen and oxygen atoms in total. The fraction of sp³-hybridized carbons (Fsp3) is 0.692. The van der Waals surface area contributed by atoms with Gasteiger partial charge >= 0.3 is 0 Å². The summed E-state index contributed by atoms with van der Waals surface area (Å²) in [7, 11) is 0. The zero-order valence-electron chi connectivity index (χ0n) is 11.4. The van der Waals surface area contributed by atoms with Gasteiger partial charge in [0.1, 0.15) is 6.04 Å². The lowest BCUT2D eigenvalue weighted by molar-refractivity contribution is -0.124. The average molecular weight is 237 g/mol. The fourth-order valence-corrected chi connectivity index (χ4v) is 1.78. The van der Waals surface area contributed by atoms with Crippen molar-refractivity contribution in [1.82, 2.24) is 15.1 Å². The van der Waals surface area contributed by atoms with Crippen molar-refractivity contribution >= 4 is 5.91 Å². The van der Waals surface area contributed by atoms with Crippen LogP contribution in [-0.4, -0.2) is 22.2 Å². The summed E-state index contributed by atoms with van der Waals surface area (Å²) in [6, 6.07) is 1.74. The molecule has 0 aliphatic rings. The molecule has 0 radical (unpaired) electrons. The van der Waals surface area contributed by atoms with Gasteiger partial charge in [0.25, 0.3) is 0 Å². The number of carbonyl (C=O) groups excluding carboxylic acids is 1. The molecular weight excluding hydrogens is 214 g/mol. The van der Waals surface area contributed by atoms with Crippen molar-refractivity contribution in [3.05, 3.63) is 17.5 Å². The molecule has 0 saturated heterocycles. The monoisotopic (exact) mass is 237 g/mol. The molecule has 1 heterocycles. The second-order valence-corrected chi connectivity index (χ2v) is 5.02. The van der Waals surface area contributed by atoms with Crippen LogP contribution in [-0.2, 0) is 4.79 Å². The van der Waals surface area contributed by atoms with Crippen LogP contribution in [0, 0.1) is 19.8 Å². The van der Waals surface area contributed by atoms with E-state index in [4.69, 9.17) is 0 Å². The molecule has 0 aliphatic heterocycles. The number of aromatic nitrogens is 2. The molecule has 4 heteroatoms. The van der Waals surface area contributed by atoms with Gasteiger partial charge < -0.3 is 5.32 Å². The molecule has 1 N–H and O–H groups in total. The van der Waals surface area contributed by atoms with Crippen LogP contribution in [0.3, 0.4) is 0 Å². The first-order valence-electron chi connectivity index (χ1n) is 6.22. The summed E-state index contributed by atoms with van der Waals surface area (Å²) in [5.74, 6) is 0.649. The van der Waals surface area contributed by atoms with Crippen LogP contribution in [0.15, 0.2) is 6.07 Å². The molecule has 1 rings (SSSR count). The summed E-state index contributed by atoms with van der Waals surface area (Å²) in [5, 5.41) is 7.28. The zero-order chi connectivity index (χ0) is 13.0. The molecule has 1 aromatic heterocycles. The normalized spacial score (nSPS) is 12.8. The van der Waals surface area contributed by atoms with Crippen molar-refractivity contribution in [3.63, 3.8) is 0 Å². The van der Waals surface area contributed by atoms with E-state index in [2.05, 4.69) is 24.3 Å². The number of rotatable bonds is 5. The van der Waals surface area contributed by atoms with Crippen LogP contribution >= 0.6 is 0 Å². The van der Waals surface area contributed by atoms with Gasteiger partial charge in [0.2, 0.25) is 5.91 Å². The van der Waals surface area contributed by atoms with E-state index in [0.29, 0.717) is 5.92 Å². The van der Waals surface area contributed by atoms with Gasteiger partial charge in [0, 0.05) is 12.2 Å². The molecule has 0 aliphatic carbocycles. The Morgan fingerprint density at radius 1 is 1.41 bits per heavy atom. The maximum Gasteiger partial charge on any atom is 0.244 e. The minimum atomic E-state index is -0.240. The number of amides is 1. The van der Waals surface area contributed by atoms with Crippen LogP contribution in [0.25, 0.3) is 0 Å². The molecule has 0 fully saturated rings. The molecule has 1 amide bonds. The SMILES string of the molecule is Cc1cc(C)n(C(C)C(=O)NCCC(C)C)n1. The van der Waals surface area contributed by atoms with E-state index >= 15 is 0 Å². The molecule has 0 spiro atoms. The molecule has 1 unspecified atom stereocenters. The molecule has 17 heavy (non-hydrogen) atoms. The van der Waals surface area contributed by atoms with Gasteiger partial charge in [0.05, 0.1) is 5.69 Å². The third-order valence-electron chi connectivity index (χ3n) is 2.81. The average Bonchev–Trinajstić information content (AvgIpc) is 2.56. The highest BCUT2D eigenvalue weighted by molar-refractivity contribution is 5.79. The number of aryl methyl sites for hydroxylation is 2. The number of hydrogen-bond donors (Lipinski definition) is 1. The largest absolute Gasteiger partial charge is 0.354 e. The van der Waals surface area contributed by atoms with Gasteiger partial charge in [-0.3, -0.25) is 9.48 Å². The Balaban J connectivity index is 2.55. The van der Waals surface area contributed by atoms with E-state index in [1.165, 1.54) is 0 Å². The van der Waals surface area contributed by atoms with Gasteiger partial charge in [-0.2, -0.15) is 5.10 Å². The van der Waals surface area contributed by atoms with Crippen molar-refractivity contribution in [2.45, 2.75) is 47.1 Å². The molecule has 0 saturated carbocycles. The molecule has 0 aromatic carbocycles. The lowest BCUT2D eigenvalue weighted by atomic mass is 10.1. The summed E-state index contributed by atoms with van der Waals surface area (Å²) >= 11 is 0. The maximum absolute atomic E-state index is 11.9. The molecular formula is C13H23N3O. The van der Waals surface area contributed by atoms with E-state index in [9.17, 15) is 4.79 Å². The first-order valence-corrected chi connectivity index (χ1v) is 6.22. The predicted molar refractivity (Wildman–Crippen MR) is 68.9 cm³/mol. The van der Waals surface area contributed by atoms with Crippen LogP contribution in [0.5, 0.6) is 0 Å². The lowest BCUT2D eigenvalue weighted by Gasteiger charge is -2.15. The van der Waals surface area contributed by atoms with Crippen LogP contribution < -0.4 is 5.32 Å². The van der Waals surface area contributed by atoms with Crippen molar-refractivity contribution in [2.75, 3.05) is 6.54 Å². The fourth-order valence-electron chi connectivity index (χ4n) is 1.78. The van der Waals surface area contributed by atoms with Crippen molar-refractivity contribution in [2.24, 2.45) is 5.92 Å². The highest BCUT2D eigenvalue weighted by Crippen LogP contribution is 2.10. The van der Waals surface area contributed by atoms with Gasteiger partial charge in [-0.05, 0) is 39.2 Å². The molecule has 96 valence electrons. The summed E-state index contributed by atoms with van der Waals surface area (Å²) in [5.41, 5.74) is 1.97. The Kier molecular flexibility index (Phi) is 4.73. The summed E-state index contributed by atoms with van der Waals surface area (Å²) < 4.78 is 1.78. The predicted octanol–water partition coefficient (Wildman–Crippen LogP) is 2.22. The van der Waals surface area contributed by atoms with E-state index in [0.717, 1.165) is 24.4 Å². The Hall–Kier alpha value is -1.32. The first kappa shape index (κ1) is 13.7. The van der Waals surface area contributed by atoms with Crippen LogP contribution in [0.1, 0.15) is 44.6 Å². The van der Waals surface area contributed by atoms with E-state index < -0.39 is 0 Å². The van der Waals surface area contributed by atoms with Crippen LogP contribution in [0.2, 0.25) is 0 Å². The van der Waals surface area contributed by atoms with Crippen molar-refractivity contribution in [3.8, 4) is 0 Å². The summed E-state index contributed by atoms with van der Waals surface area (Å²) in [4.78, 5) is 11.9. The number of nitrogens with zero attached hydrogens (tertiary/aromatic N) is 2. The van der Waals surface area contributed by atoms with E-state index in [-0.39, 0.29) is 11.9 Å². The van der Waals surface area contributed by atoms with Gasteiger partial charge in [-0.15, -0.1) is 0 Å². The first-order chi connectivity index (χ1) is 7.91. The Bertz CT molecular complexity index is 382. The van der Waals surface area contributed by atoms with Gasteiger partial charge in [-0.1, -0.05) is 13.8 Å². The minimum absolute atomic E-state index is 0.0388. The third kappa shape index (κ3) is 3.88. The Morgan fingerprint density at radius 3 is 2.53 bits per heavy atom. The summed E-state index contributed by atoms with van der Waals surface area (Å²) in [6.45, 7) is 10.8. The van der Waals surface area contributed by atoms with Gasteiger partial charge in [0.15, 0.2) is 0 Å². The van der Waals surface area contributed by atoms with Gasteiger partial charge in [-0.25, -0.2) is 0 Å². The highest BCUT2D eigenvalue weighted by Gasteiger charge is 2.17. The second kappa shape index (κ2) is 5.84. The quantitative estimate of drug-likeness (QED) is 0.853. The smallest absolute Gasteiger partial charge is 0.244 e. The zero-order valence-corrected chi connectivity index (χ0v) is 11.4. The lowest BCUT2D eigenvalue weighted by Crippen LogP contribution is -2.33. The van der Waals surface area contributed by atoms with Crippen molar-refractivity contribution < 1.29 is 4.79 Å². The minimum Gasteiger partial charge on any atom is -0.354 e. The molecule has 1 atom stereocenters. The van der Waals surface area contributed by atoms with Crippen LogP contribution in [0.4, 0.5) is 0 Å². The molecule has 0 bridgehead atoms. The standard InChI is InChI=1S/C13H23N3O/c1-9(2)6-7-14-13(17)12(5)16-11(4)8-10(3)15-16/h8-9,12H,6-7H2,1-5H3,(H,14,17). The third-order valence-corrected chi connectivity index (χ3v) is 2.81. The topological polar surface area (TPSA) is 46.9 Å². The number of hydrogen-bond acceptors (Lipinski definition) is 2. The van der Waals surface area contributed by atoms with E-state index in [1.54, 1.807) is 4.68 Å². The van der Waals surface area contributed by atoms with Crippen molar-refractivity contribution in [1.29, 1.82) is 0 Å². The maximum atomic E-state index is 11.9. The number of carbonyl (C=O) groups is 1. The Labute approximate surface area is 103 Å². The second-order valence-electron chi connectivity index (χ2n) is 5.02. The summed E-state index contributed by atoms with van der Waals surface area (Å²) in [6.07, 6.45) is 1.01. The molecule has 1 aromatic rings. The van der Waals surface area contributed by atoms with E-state index in [1.807, 2.05) is 26.8 Å². The highest BCUT2D eigenvalue weighted by atomic mass is 16.2.